The van der Waals surface area contributed by atoms with E-state index in [1.807, 2.05) is 24.3 Å². The van der Waals surface area contributed by atoms with Gasteiger partial charge in [0.05, 0.1) is 28.6 Å². The van der Waals surface area contributed by atoms with Crippen molar-refractivity contribution in [3.05, 3.63) is 39.3 Å². The summed E-state index contributed by atoms with van der Waals surface area (Å²) in [6, 6.07) is 11.5. The van der Waals surface area contributed by atoms with Crippen LogP contribution in [0.4, 0.5) is 5.69 Å². The van der Waals surface area contributed by atoms with Crippen molar-refractivity contribution in [2.75, 3.05) is 12.8 Å². The van der Waals surface area contributed by atoms with Crippen LogP contribution in [0.2, 0.25) is 0 Å². The fourth-order valence-corrected chi connectivity index (χ4v) is 3.74. The van der Waals surface area contributed by atoms with Crippen LogP contribution in [0.1, 0.15) is 11.1 Å². The summed E-state index contributed by atoms with van der Waals surface area (Å²) in [4.78, 5) is 3.00. The van der Waals surface area contributed by atoms with Crippen LogP contribution in [0, 0.1) is 26.6 Å². The zero-order valence-electron chi connectivity index (χ0n) is 12.0. The van der Waals surface area contributed by atoms with Gasteiger partial charge in [-0.25, -0.2) is 0 Å². The summed E-state index contributed by atoms with van der Waals surface area (Å²) in [7, 11) is 1.58. The molecule has 0 aliphatic carbocycles. The minimum atomic E-state index is 0.157. The third-order valence-electron chi connectivity index (χ3n) is 3.50. The Balaban J connectivity index is 2.52. The average molecular weight is 338 g/mol. The lowest BCUT2D eigenvalue weighted by atomic mass is 9.95. The Morgan fingerprint density at radius 3 is 2.65 bits per heavy atom. The summed E-state index contributed by atoms with van der Waals surface area (Å²) in [6.07, 6.45) is 0. The molecule has 0 fully saturated rings. The summed E-state index contributed by atoms with van der Waals surface area (Å²) in [6.45, 7) is 0. The molecule has 1 heterocycles. The first-order valence-electron chi connectivity index (χ1n) is 6.53. The van der Waals surface area contributed by atoms with E-state index in [1.165, 1.54) is 11.3 Å². The van der Waals surface area contributed by atoms with Gasteiger partial charge in [0.15, 0.2) is 3.95 Å². The Morgan fingerprint density at radius 2 is 2.00 bits per heavy atom. The number of benzene rings is 2. The fourth-order valence-electron chi connectivity index (χ4n) is 2.47. The normalized spacial score (nSPS) is 10.2. The molecule has 1 aromatic heterocycles. The lowest BCUT2D eigenvalue weighted by molar-refractivity contribution is 0.415. The van der Waals surface area contributed by atoms with Crippen molar-refractivity contribution in [3.8, 4) is 29.0 Å². The smallest absolute Gasteiger partial charge is 0.159 e. The third-order valence-corrected chi connectivity index (χ3v) is 4.75. The standard InChI is InChI=1S/C16H10N4OS2/c1-21-9-4-2-3-8(5-9)12-10(6-17)13(19)11(7-18)14-15(12)23-16(22)20-14/h2-5H,19H2,1H3,(H,20,22). The molecule has 0 saturated heterocycles. The van der Waals surface area contributed by atoms with Gasteiger partial charge in [0, 0.05) is 5.56 Å². The molecule has 0 saturated carbocycles. The van der Waals surface area contributed by atoms with Crippen LogP contribution < -0.4 is 10.5 Å². The summed E-state index contributed by atoms with van der Waals surface area (Å²) >= 11 is 6.52. The van der Waals surface area contributed by atoms with Gasteiger partial charge in [-0.15, -0.1) is 11.3 Å². The van der Waals surface area contributed by atoms with Gasteiger partial charge in [0.1, 0.15) is 23.5 Å². The Hall–Kier alpha value is -2.87. The van der Waals surface area contributed by atoms with Gasteiger partial charge in [-0.3, -0.25) is 0 Å². The molecule has 0 atom stereocenters. The number of aromatic nitrogens is 1. The molecule has 112 valence electrons. The molecule has 0 amide bonds. The average Bonchev–Trinajstić information content (AvgIpc) is 2.94. The predicted molar refractivity (Wildman–Crippen MR) is 92.8 cm³/mol. The monoisotopic (exact) mass is 338 g/mol. The van der Waals surface area contributed by atoms with Crippen LogP contribution in [0.25, 0.3) is 21.3 Å². The minimum Gasteiger partial charge on any atom is -0.497 e. The number of nitrogens with zero attached hydrogens (tertiary/aromatic N) is 2. The van der Waals surface area contributed by atoms with Crippen LogP contribution in [-0.4, -0.2) is 12.1 Å². The number of fused-ring (bicyclic) bond motifs is 1. The molecular formula is C16H10N4OS2. The molecule has 0 bridgehead atoms. The number of aromatic amines is 1. The van der Waals surface area contributed by atoms with Crippen LogP contribution in [-0.2, 0) is 0 Å². The van der Waals surface area contributed by atoms with E-state index in [9.17, 15) is 10.5 Å². The van der Waals surface area contributed by atoms with E-state index in [0.29, 0.717) is 20.8 Å². The number of thiazole rings is 1. The Labute approximate surface area is 141 Å². The number of nitrogens with one attached hydrogen (secondary N) is 1. The number of nitrogen functional groups attached to an aromatic ring is 1. The molecule has 7 heteroatoms. The zero-order valence-corrected chi connectivity index (χ0v) is 13.6. The number of nitriles is 2. The second-order valence-electron chi connectivity index (χ2n) is 4.71. The van der Waals surface area contributed by atoms with Crippen molar-refractivity contribution in [1.82, 2.24) is 4.98 Å². The predicted octanol–water partition coefficient (Wildman–Crippen LogP) is 3.96. The first-order valence-corrected chi connectivity index (χ1v) is 7.76. The Morgan fingerprint density at radius 1 is 1.26 bits per heavy atom. The molecule has 3 aromatic rings. The van der Waals surface area contributed by atoms with Gasteiger partial charge >= 0.3 is 0 Å². The highest BCUT2D eigenvalue weighted by Crippen LogP contribution is 2.41. The molecule has 3 rings (SSSR count). The summed E-state index contributed by atoms with van der Waals surface area (Å²) < 4.78 is 6.52. The van der Waals surface area contributed by atoms with Gasteiger partial charge in [-0.05, 0) is 29.9 Å². The minimum absolute atomic E-state index is 0.157. The summed E-state index contributed by atoms with van der Waals surface area (Å²) in [5, 5.41) is 19.0. The molecule has 0 unspecified atom stereocenters. The van der Waals surface area contributed by atoms with Crippen molar-refractivity contribution in [3.63, 3.8) is 0 Å². The van der Waals surface area contributed by atoms with E-state index in [0.717, 1.165) is 10.3 Å². The van der Waals surface area contributed by atoms with Crippen LogP contribution in [0.15, 0.2) is 24.3 Å². The van der Waals surface area contributed by atoms with Gasteiger partial charge in [0.25, 0.3) is 0 Å². The number of rotatable bonds is 2. The topological polar surface area (TPSA) is 98.6 Å². The van der Waals surface area contributed by atoms with Gasteiger partial charge in [-0.2, -0.15) is 10.5 Å². The Bertz CT molecular complexity index is 1070. The SMILES string of the molecule is COc1cccc(-c2c(C#N)c(N)c(C#N)c3[nH]c(=S)sc23)c1. The largest absolute Gasteiger partial charge is 0.497 e. The van der Waals surface area contributed by atoms with E-state index in [2.05, 4.69) is 17.1 Å². The highest BCUT2D eigenvalue weighted by molar-refractivity contribution is 7.73. The molecular weight excluding hydrogens is 328 g/mol. The molecule has 23 heavy (non-hydrogen) atoms. The van der Waals surface area contributed by atoms with Crippen LogP contribution >= 0.6 is 23.6 Å². The van der Waals surface area contributed by atoms with Crippen molar-refractivity contribution >= 4 is 39.5 Å². The molecule has 0 aliphatic rings. The summed E-state index contributed by atoms with van der Waals surface area (Å²) in [5.41, 5.74) is 8.75. The van der Waals surface area contributed by atoms with Crippen molar-refractivity contribution < 1.29 is 4.74 Å². The third kappa shape index (κ3) is 2.33. The van der Waals surface area contributed by atoms with Crippen LogP contribution in [0.3, 0.4) is 0 Å². The highest BCUT2D eigenvalue weighted by Gasteiger charge is 2.21. The Kier molecular flexibility index (Phi) is 3.75. The summed E-state index contributed by atoms with van der Waals surface area (Å²) in [5.74, 6) is 0.668. The van der Waals surface area contributed by atoms with Crippen molar-refractivity contribution in [2.45, 2.75) is 0 Å². The fraction of sp³-hybridized carbons (Fsp3) is 0.0625. The maximum absolute atomic E-state index is 9.57. The lowest BCUT2D eigenvalue weighted by Gasteiger charge is -2.11. The van der Waals surface area contributed by atoms with E-state index in [4.69, 9.17) is 22.7 Å². The van der Waals surface area contributed by atoms with Crippen LogP contribution in [0.5, 0.6) is 5.75 Å². The second kappa shape index (κ2) is 5.73. The number of ether oxygens (including phenoxy) is 1. The van der Waals surface area contributed by atoms with Gasteiger partial charge < -0.3 is 15.5 Å². The molecule has 2 aromatic carbocycles. The number of anilines is 1. The first kappa shape index (κ1) is 15.0. The molecule has 0 spiro atoms. The number of hydrogen-bond acceptors (Lipinski definition) is 6. The zero-order chi connectivity index (χ0) is 16.6. The van der Waals surface area contributed by atoms with E-state index >= 15 is 0 Å². The molecule has 5 nitrogen and oxygen atoms in total. The number of nitrogens with two attached hydrogens (primary N) is 1. The van der Waals surface area contributed by atoms with Gasteiger partial charge in [0.2, 0.25) is 0 Å². The maximum Gasteiger partial charge on any atom is 0.159 e. The van der Waals surface area contributed by atoms with Crippen molar-refractivity contribution in [1.29, 1.82) is 10.5 Å². The second-order valence-corrected chi connectivity index (χ2v) is 6.40. The van der Waals surface area contributed by atoms with Crippen molar-refractivity contribution in [2.24, 2.45) is 0 Å². The number of hydrogen-bond donors (Lipinski definition) is 2. The first-order chi connectivity index (χ1) is 11.1. The van der Waals surface area contributed by atoms with Gasteiger partial charge in [-0.1, -0.05) is 12.1 Å². The quantitative estimate of drug-likeness (QED) is 0.544. The molecule has 0 radical (unpaired) electrons. The lowest BCUT2D eigenvalue weighted by Crippen LogP contribution is -1.99. The van der Waals surface area contributed by atoms with E-state index in [1.54, 1.807) is 7.11 Å². The number of H-pyrrole nitrogens is 1. The maximum atomic E-state index is 9.57. The molecule has 3 N–H and O–H groups in total. The number of methoxy groups -OCH3 is 1. The van der Waals surface area contributed by atoms with E-state index in [-0.39, 0.29) is 16.8 Å². The highest BCUT2D eigenvalue weighted by atomic mass is 32.1. The molecule has 0 aliphatic heterocycles. The van der Waals surface area contributed by atoms with E-state index < -0.39 is 0 Å².